The first-order valence-corrected chi connectivity index (χ1v) is 9.67. The third-order valence-corrected chi connectivity index (χ3v) is 5.60. The summed E-state index contributed by atoms with van der Waals surface area (Å²) in [6.07, 6.45) is 1.77. The number of aryl methyl sites for hydroxylation is 1. The van der Waals surface area contributed by atoms with Gasteiger partial charge in [0, 0.05) is 18.2 Å². The van der Waals surface area contributed by atoms with E-state index in [0.717, 1.165) is 17.7 Å². The van der Waals surface area contributed by atoms with Gasteiger partial charge in [0.2, 0.25) is 5.72 Å². The summed E-state index contributed by atoms with van der Waals surface area (Å²) in [5, 5.41) is 17.9. The first-order valence-electron chi connectivity index (χ1n) is 9.67. The van der Waals surface area contributed by atoms with Crippen LogP contribution in [0.3, 0.4) is 0 Å². The van der Waals surface area contributed by atoms with Crippen LogP contribution in [-0.2, 0) is 9.53 Å². The number of nitrogens with zero attached hydrogens (tertiary/aromatic N) is 1. The summed E-state index contributed by atoms with van der Waals surface area (Å²) in [5.74, 6) is -0.0678. The van der Waals surface area contributed by atoms with E-state index in [0.29, 0.717) is 24.3 Å². The van der Waals surface area contributed by atoms with E-state index >= 15 is 0 Å². The summed E-state index contributed by atoms with van der Waals surface area (Å²) in [6, 6.07) is 12.1. The van der Waals surface area contributed by atoms with Crippen LogP contribution < -0.4 is 15.4 Å². The molecule has 1 aliphatic carbocycles. The van der Waals surface area contributed by atoms with E-state index in [-0.39, 0.29) is 12.3 Å². The lowest BCUT2D eigenvalue weighted by Crippen LogP contribution is -2.69. The SMILES string of the molecule is CCOC(=O)[C@@]12CCC[C@]1(Nc1ccc(C)cc1)Oc1cc([N+](=O)[O-])ccc1N2. The number of esters is 1. The third-order valence-electron chi connectivity index (χ3n) is 5.60. The highest BCUT2D eigenvalue weighted by atomic mass is 16.6. The lowest BCUT2D eigenvalue weighted by Gasteiger charge is -2.48. The number of fused-ring (bicyclic) bond motifs is 2. The molecular formula is C21H23N3O5. The van der Waals surface area contributed by atoms with Crippen molar-refractivity contribution in [3.8, 4) is 5.75 Å². The van der Waals surface area contributed by atoms with Crippen molar-refractivity contribution in [3.05, 3.63) is 58.1 Å². The average Bonchev–Trinajstić information content (AvgIpc) is 3.06. The maximum Gasteiger partial charge on any atom is 0.338 e. The Kier molecular flexibility index (Phi) is 4.56. The number of carbonyl (C=O) groups is 1. The fourth-order valence-electron chi connectivity index (χ4n) is 4.19. The molecule has 2 atom stereocenters. The molecule has 2 aliphatic rings. The molecule has 29 heavy (non-hydrogen) atoms. The second kappa shape index (κ2) is 6.95. The predicted octanol–water partition coefficient (Wildman–Crippen LogP) is 4.00. The molecule has 2 aromatic carbocycles. The molecular weight excluding hydrogens is 374 g/mol. The van der Waals surface area contributed by atoms with Gasteiger partial charge in [0.05, 0.1) is 23.3 Å². The Morgan fingerprint density at radius 3 is 2.72 bits per heavy atom. The highest BCUT2D eigenvalue weighted by molar-refractivity contribution is 5.90. The number of nitro groups is 1. The summed E-state index contributed by atoms with van der Waals surface area (Å²) in [5.41, 5.74) is 0.0968. The van der Waals surface area contributed by atoms with Gasteiger partial charge in [-0.15, -0.1) is 0 Å². The first kappa shape index (κ1) is 19.0. The van der Waals surface area contributed by atoms with Crippen LogP contribution in [0.2, 0.25) is 0 Å². The van der Waals surface area contributed by atoms with E-state index < -0.39 is 22.2 Å². The van der Waals surface area contributed by atoms with Crippen LogP contribution in [0, 0.1) is 17.0 Å². The van der Waals surface area contributed by atoms with Gasteiger partial charge in [-0.05, 0) is 44.9 Å². The van der Waals surface area contributed by atoms with Gasteiger partial charge >= 0.3 is 5.97 Å². The molecule has 1 fully saturated rings. The molecule has 152 valence electrons. The first-order chi connectivity index (χ1) is 13.9. The predicted molar refractivity (Wildman–Crippen MR) is 108 cm³/mol. The van der Waals surface area contributed by atoms with Gasteiger partial charge < -0.3 is 20.1 Å². The second-order valence-electron chi connectivity index (χ2n) is 7.46. The lowest BCUT2D eigenvalue weighted by atomic mass is 9.86. The van der Waals surface area contributed by atoms with E-state index in [1.807, 2.05) is 31.2 Å². The van der Waals surface area contributed by atoms with Gasteiger partial charge in [-0.3, -0.25) is 10.1 Å². The topological polar surface area (TPSA) is 103 Å². The number of nitrogens with one attached hydrogen (secondary N) is 2. The number of nitro benzene ring substituents is 1. The van der Waals surface area contributed by atoms with Crippen molar-refractivity contribution in [2.24, 2.45) is 0 Å². The molecule has 0 bridgehead atoms. The standard InChI is InChI=1S/C21H23N3O5/c1-3-28-19(25)20-11-4-12-21(20,22-15-7-5-14(2)6-8-15)29-18-13-16(24(26)27)9-10-17(18)23-20/h5-10,13,22-23H,3-4,11-12H2,1-2H3/t20-,21-/m0/s1. The van der Waals surface area contributed by atoms with E-state index in [1.165, 1.54) is 12.1 Å². The van der Waals surface area contributed by atoms with Gasteiger partial charge in [-0.25, -0.2) is 4.79 Å². The molecule has 2 aromatic rings. The Hall–Kier alpha value is -3.29. The molecule has 8 heteroatoms. The van der Waals surface area contributed by atoms with Gasteiger partial charge in [-0.1, -0.05) is 17.7 Å². The van der Waals surface area contributed by atoms with Crippen LogP contribution in [0.5, 0.6) is 5.75 Å². The zero-order valence-corrected chi connectivity index (χ0v) is 16.4. The van der Waals surface area contributed by atoms with Crippen LogP contribution in [0.25, 0.3) is 0 Å². The molecule has 2 N–H and O–H groups in total. The van der Waals surface area contributed by atoms with Gasteiger partial charge in [0.1, 0.15) is 0 Å². The Balaban J connectivity index is 1.81. The summed E-state index contributed by atoms with van der Waals surface area (Å²) in [7, 11) is 0. The molecule has 0 unspecified atom stereocenters. The van der Waals surface area contributed by atoms with Crippen LogP contribution in [0.1, 0.15) is 31.7 Å². The maximum absolute atomic E-state index is 13.1. The summed E-state index contributed by atoms with van der Waals surface area (Å²) in [4.78, 5) is 23.9. The molecule has 1 heterocycles. The Labute approximate surface area is 168 Å². The number of carbonyl (C=O) groups excluding carboxylic acids is 1. The van der Waals surface area contributed by atoms with Crippen molar-refractivity contribution in [1.29, 1.82) is 0 Å². The van der Waals surface area contributed by atoms with Crippen LogP contribution in [-0.4, -0.2) is 28.8 Å². The maximum atomic E-state index is 13.1. The number of hydrogen-bond donors (Lipinski definition) is 2. The van der Waals surface area contributed by atoms with Crippen molar-refractivity contribution in [2.45, 2.75) is 44.4 Å². The fraction of sp³-hybridized carbons (Fsp3) is 0.381. The smallest absolute Gasteiger partial charge is 0.338 e. The van der Waals surface area contributed by atoms with Crippen molar-refractivity contribution in [2.75, 3.05) is 17.2 Å². The Bertz CT molecular complexity index is 961. The number of ether oxygens (including phenoxy) is 2. The Morgan fingerprint density at radius 1 is 1.28 bits per heavy atom. The largest absolute Gasteiger partial charge is 0.464 e. The minimum Gasteiger partial charge on any atom is -0.464 e. The van der Waals surface area contributed by atoms with E-state index in [9.17, 15) is 14.9 Å². The van der Waals surface area contributed by atoms with E-state index in [1.54, 1.807) is 13.0 Å². The number of rotatable bonds is 5. The lowest BCUT2D eigenvalue weighted by molar-refractivity contribution is -0.385. The molecule has 0 aromatic heterocycles. The number of benzene rings is 2. The van der Waals surface area contributed by atoms with Gasteiger partial charge in [0.25, 0.3) is 5.69 Å². The third kappa shape index (κ3) is 3.04. The van der Waals surface area contributed by atoms with Gasteiger partial charge in [0.15, 0.2) is 11.3 Å². The second-order valence-corrected chi connectivity index (χ2v) is 7.46. The molecule has 0 spiro atoms. The molecule has 0 radical (unpaired) electrons. The summed E-state index contributed by atoms with van der Waals surface area (Å²) >= 11 is 0. The average molecular weight is 397 g/mol. The zero-order chi connectivity index (χ0) is 20.6. The number of non-ortho nitro benzene ring substituents is 1. The molecule has 1 aliphatic heterocycles. The monoisotopic (exact) mass is 397 g/mol. The van der Waals surface area contributed by atoms with E-state index in [4.69, 9.17) is 9.47 Å². The van der Waals surface area contributed by atoms with Crippen molar-refractivity contribution < 1.29 is 19.2 Å². The van der Waals surface area contributed by atoms with Crippen molar-refractivity contribution in [1.82, 2.24) is 0 Å². The van der Waals surface area contributed by atoms with Crippen molar-refractivity contribution >= 4 is 23.0 Å². The quantitative estimate of drug-likeness (QED) is 0.446. The van der Waals surface area contributed by atoms with Crippen molar-refractivity contribution in [3.63, 3.8) is 0 Å². The molecule has 4 rings (SSSR count). The molecule has 0 amide bonds. The highest BCUT2D eigenvalue weighted by Crippen LogP contribution is 2.51. The molecule has 0 saturated heterocycles. The van der Waals surface area contributed by atoms with Gasteiger partial charge in [-0.2, -0.15) is 0 Å². The molecule has 8 nitrogen and oxygen atoms in total. The van der Waals surface area contributed by atoms with Crippen LogP contribution in [0.4, 0.5) is 17.1 Å². The Morgan fingerprint density at radius 2 is 2.03 bits per heavy atom. The van der Waals surface area contributed by atoms with Crippen LogP contribution >= 0.6 is 0 Å². The normalized spacial score (nSPS) is 24.5. The fourth-order valence-corrected chi connectivity index (χ4v) is 4.19. The highest BCUT2D eigenvalue weighted by Gasteiger charge is 2.65. The van der Waals surface area contributed by atoms with Crippen LogP contribution in [0.15, 0.2) is 42.5 Å². The summed E-state index contributed by atoms with van der Waals surface area (Å²) < 4.78 is 11.8. The number of hydrogen-bond acceptors (Lipinski definition) is 7. The minimum absolute atomic E-state index is 0.0716. The summed E-state index contributed by atoms with van der Waals surface area (Å²) in [6.45, 7) is 4.00. The zero-order valence-electron chi connectivity index (χ0n) is 16.4. The number of anilines is 2. The molecule has 1 saturated carbocycles. The minimum atomic E-state index is -1.14. The van der Waals surface area contributed by atoms with E-state index in [2.05, 4.69) is 10.6 Å².